The zero-order chi connectivity index (χ0) is 31.2. The van der Waals surface area contributed by atoms with Crippen LogP contribution in [0.3, 0.4) is 0 Å². The lowest BCUT2D eigenvalue weighted by Gasteiger charge is -2.32. The fraction of sp³-hybridized carbons (Fsp3) is 0.400. The second-order valence-electron chi connectivity index (χ2n) is 11.0. The highest BCUT2D eigenvalue weighted by Crippen LogP contribution is 2.41. The first kappa shape index (κ1) is 31.3. The van der Waals surface area contributed by atoms with Crippen molar-refractivity contribution in [2.75, 3.05) is 29.9 Å². The number of nitrogens with two attached hydrogens (primary N) is 1. The van der Waals surface area contributed by atoms with Crippen molar-refractivity contribution in [3.63, 3.8) is 0 Å². The van der Waals surface area contributed by atoms with Gasteiger partial charge in [-0.05, 0) is 86.7 Å². The molecule has 12 heteroatoms. The molecule has 1 atom stereocenters. The third-order valence-corrected chi connectivity index (χ3v) is 7.80. The van der Waals surface area contributed by atoms with Crippen LogP contribution in [0.2, 0.25) is 0 Å². The molecule has 0 spiro atoms. The first-order valence-corrected chi connectivity index (χ1v) is 13.3. The molecule has 1 amide bonds. The van der Waals surface area contributed by atoms with Gasteiger partial charge in [-0.2, -0.15) is 26.3 Å². The average molecular weight is 597 g/mol. The van der Waals surface area contributed by atoms with Gasteiger partial charge >= 0.3 is 12.4 Å². The maximum absolute atomic E-state index is 14.0. The maximum atomic E-state index is 14.0. The molecule has 0 aliphatic carbocycles. The smallest absolute Gasteiger partial charge is 0.352 e. The van der Waals surface area contributed by atoms with Crippen LogP contribution in [0.25, 0.3) is 11.1 Å². The van der Waals surface area contributed by atoms with E-state index in [1.165, 1.54) is 39.2 Å². The number of nitrogens with zero attached hydrogens (tertiary/aromatic N) is 3. The van der Waals surface area contributed by atoms with Gasteiger partial charge in [-0.3, -0.25) is 4.79 Å². The van der Waals surface area contributed by atoms with Crippen LogP contribution in [0.1, 0.15) is 48.9 Å². The second-order valence-corrected chi connectivity index (χ2v) is 11.0. The number of benzene rings is 2. The molecule has 0 saturated carbocycles. The highest BCUT2D eigenvalue weighted by atomic mass is 19.4. The molecule has 2 aromatic carbocycles. The fourth-order valence-electron chi connectivity index (χ4n) is 5.36. The number of likely N-dealkylation sites (N-methyl/N-ethyl adjacent to an activating group) is 1. The predicted molar refractivity (Wildman–Crippen MR) is 147 cm³/mol. The molecule has 1 aliphatic heterocycles. The minimum Gasteiger partial charge on any atom is -0.352 e. The van der Waals surface area contributed by atoms with Crippen LogP contribution in [0, 0.1) is 12.7 Å². The summed E-state index contributed by atoms with van der Waals surface area (Å²) in [5.74, 6) is -0.657. The van der Waals surface area contributed by atoms with Crippen molar-refractivity contribution in [1.82, 2.24) is 4.98 Å². The summed E-state index contributed by atoms with van der Waals surface area (Å²) in [4.78, 5) is 21.6. The van der Waals surface area contributed by atoms with E-state index in [2.05, 4.69) is 4.98 Å². The van der Waals surface area contributed by atoms with Gasteiger partial charge in [0.05, 0.1) is 28.4 Å². The molecule has 0 bridgehead atoms. The summed E-state index contributed by atoms with van der Waals surface area (Å²) in [7, 11) is 1.37. The van der Waals surface area contributed by atoms with Crippen LogP contribution in [-0.4, -0.2) is 37.1 Å². The van der Waals surface area contributed by atoms with E-state index >= 15 is 0 Å². The lowest BCUT2D eigenvalue weighted by Crippen LogP contribution is -2.42. The van der Waals surface area contributed by atoms with E-state index in [4.69, 9.17) is 5.73 Å². The van der Waals surface area contributed by atoms with Crippen molar-refractivity contribution in [2.24, 2.45) is 5.73 Å². The Morgan fingerprint density at radius 2 is 1.57 bits per heavy atom. The monoisotopic (exact) mass is 596 g/mol. The maximum Gasteiger partial charge on any atom is 0.416 e. The topological polar surface area (TPSA) is 62.5 Å². The minimum absolute atomic E-state index is 0.0266. The Morgan fingerprint density at radius 1 is 0.976 bits per heavy atom. The fourth-order valence-corrected chi connectivity index (χ4v) is 5.36. The molecule has 4 rings (SSSR count). The van der Waals surface area contributed by atoms with E-state index in [9.17, 15) is 35.5 Å². The van der Waals surface area contributed by atoms with Crippen molar-refractivity contribution >= 4 is 17.4 Å². The Kier molecular flexibility index (Phi) is 8.34. The van der Waals surface area contributed by atoms with Crippen molar-refractivity contribution in [2.45, 2.75) is 57.4 Å². The number of carbonyl (C=O) groups is 1. The van der Waals surface area contributed by atoms with E-state index < -0.39 is 46.2 Å². The molecule has 1 unspecified atom stereocenters. The quantitative estimate of drug-likeness (QED) is 0.309. The van der Waals surface area contributed by atoms with Gasteiger partial charge in [0.15, 0.2) is 0 Å². The van der Waals surface area contributed by atoms with Gasteiger partial charge in [0.2, 0.25) is 5.91 Å². The third kappa shape index (κ3) is 6.08. The van der Waals surface area contributed by atoms with Gasteiger partial charge in [0.25, 0.3) is 0 Å². The van der Waals surface area contributed by atoms with Gasteiger partial charge in [0, 0.05) is 31.7 Å². The Morgan fingerprint density at radius 3 is 2.12 bits per heavy atom. The van der Waals surface area contributed by atoms with Crippen LogP contribution >= 0.6 is 0 Å². The van der Waals surface area contributed by atoms with Crippen LogP contribution in [0.5, 0.6) is 0 Å². The van der Waals surface area contributed by atoms with Gasteiger partial charge in [0.1, 0.15) is 11.6 Å². The highest BCUT2D eigenvalue weighted by Gasteiger charge is 2.41. The van der Waals surface area contributed by atoms with Crippen LogP contribution in [0.4, 0.5) is 42.2 Å². The number of amides is 1. The van der Waals surface area contributed by atoms with Gasteiger partial charge in [-0.25, -0.2) is 9.37 Å². The molecule has 5 nitrogen and oxygen atoms in total. The van der Waals surface area contributed by atoms with Gasteiger partial charge in [-0.15, -0.1) is 0 Å². The molecule has 1 saturated heterocycles. The number of aromatic nitrogens is 1. The number of rotatable bonds is 6. The predicted octanol–water partition coefficient (Wildman–Crippen LogP) is 7.10. The SMILES string of the molecule is Cc1cc(F)ccc1-c1cc(N2CCCC2CN)ncc1N(C)C(=O)C(C)(C)c1cc(C(F)(F)F)cc(C(F)(F)F)c1. The van der Waals surface area contributed by atoms with Crippen molar-refractivity contribution in [1.29, 1.82) is 0 Å². The summed E-state index contributed by atoms with van der Waals surface area (Å²) in [6.45, 7) is 5.32. The molecular formula is C30H31F7N4O. The number of carbonyl (C=O) groups excluding carboxylic acids is 1. The number of pyridine rings is 1. The van der Waals surface area contributed by atoms with Gasteiger partial charge < -0.3 is 15.5 Å². The molecule has 42 heavy (non-hydrogen) atoms. The number of aryl methyl sites for hydroxylation is 1. The van der Waals surface area contributed by atoms with E-state index in [1.807, 2.05) is 4.90 Å². The standard InChI is InChI=1S/C30H31F7N4O/c1-17-10-21(31)7-8-23(17)24-14-26(41-9-5-6-22(41)15-38)39-16-25(24)40(4)27(42)28(2,3)18-11-19(29(32,33)34)13-20(12-18)30(35,36)37/h7-8,10-14,16,22H,5-6,9,15,38H2,1-4H3. The summed E-state index contributed by atoms with van der Waals surface area (Å²) in [5.41, 5.74) is 2.53. The lowest BCUT2D eigenvalue weighted by atomic mass is 9.81. The molecule has 0 radical (unpaired) electrons. The number of hydrogen-bond acceptors (Lipinski definition) is 4. The number of anilines is 2. The molecule has 1 fully saturated rings. The zero-order valence-corrected chi connectivity index (χ0v) is 23.5. The van der Waals surface area contributed by atoms with Crippen molar-refractivity contribution < 1.29 is 35.5 Å². The number of hydrogen-bond donors (Lipinski definition) is 1. The van der Waals surface area contributed by atoms with Crippen LogP contribution in [0.15, 0.2) is 48.7 Å². The van der Waals surface area contributed by atoms with E-state index in [-0.39, 0.29) is 17.8 Å². The molecule has 1 aromatic heterocycles. The lowest BCUT2D eigenvalue weighted by molar-refractivity contribution is -0.143. The number of alkyl halides is 6. The van der Waals surface area contributed by atoms with Crippen LogP contribution < -0.4 is 15.5 Å². The Balaban J connectivity index is 1.83. The summed E-state index contributed by atoms with van der Waals surface area (Å²) >= 11 is 0. The first-order chi connectivity index (χ1) is 19.4. The Bertz CT molecular complexity index is 1450. The summed E-state index contributed by atoms with van der Waals surface area (Å²) in [6.07, 6.45) is -6.93. The normalized spacial score (nSPS) is 16.2. The first-order valence-electron chi connectivity index (χ1n) is 13.3. The third-order valence-electron chi connectivity index (χ3n) is 7.80. The summed E-state index contributed by atoms with van der Waals surface area (Å²) in [6, 6.07) is 7.08. The average Bonchev–Trinajstić information content (AvgIpc) is 3.40. The minimum atomic E-state index is -5.06. The second kappa shape index (κ2) is 11.2. The number of halogens is 7. The molecule has 1 aliphatic rings. The zero-order valence-electron chi connectivity index (χ0n) is 23.5. The summed E-state index contributed by atoms with van der Waals surface area (Å²) < 4.78 is 95.4. The highest BCUT2D eigenvalue weighted by molar-refractivity contribution is 6.03. The van der Waals surface area contributed by atoms with Crippen molar-refractivity contribution in [3.05, 3.63) is 76.7 Å². The molecule has 226 valence electrons. The Labute approximate surface area is 239 Å². The largest absolute Gasteiger partial charge is 0.416 e. The van der Waals surface area contributed by atoms with E-state index in [1.54, 1.807) is 19.1 Å². The van der Waals surface area contributed by atoms with Crippen LogP contribution in [-0.2, 0) is 22.6 Å². The molecular weight excluding hydrogens is 565 g/mol. The Hall–Kier alpha value is -3.67. The van der Waals surface area contributed by atoms with E-state index in [0.717, 1.165) is 17.7 Å². The summed E-state index contributed by atoms with van der Waals surface area (Å²) in [5, 5.41) is 0. The van der Waals surface area contributed by atoms with Crippen molar-refractivity contribution in [3.8, 4) is 11.1 Å². The van der Waals surface area contributed by atoms with E-state index in [0.29, 0.717) is 47.7 Å². The van der Waals surface area contributed by atoms with Gasteiger partial charge in [-0.1, -0.05) is 6.07 Å². The molecule has 2 N–H and O–H groups in total. The molecule has 3 aromatic rings. The molecule has 2 heterocycles.